The van der Waals surface area contributed by atoms with Gasteiger partial charge in [-0.25, -0.2) is 0 Å². The van der Waals surface area contributed by atoms with Gasteiger partial charge in [0.1, 0.15) is 0 Å². The molecule has 0 saturated heterocycles. The fourth-order valence-corrected chi connectivity index (χ4v) is 1.66. The van der Waals surface area contributed by atoms with Gasteiger partial charge < -0.3 is 16.0 Å². The van der Waals surface area contributed by atoms with Crippen LogP contribution in [0.1, 0.15) is 46.5 Å². The van der Waals surface area contributed by atoms with E-state index in [1.165, 1.54) is 0 Å². The van der Waals surface area contributed by atoms with Gasteiger partial charge in [-0.05, 0) is 33.6 Å². The van der Waals surface area contributed by atoms with Crippen LogP contribution in [0.3, 0.4) is 0 Å². The number of amides is 2. The van der Waals surface area contributed by atoms with Gasteiger partial charge in [0, 0.05) is 38.5 Å². The summed E-state index contributed by atoms with van der Waals surface area (Å²) < 4.78 is 0. The second-order valence-corrected chi connectivity index (χ2v) is 4.54. The van der Waals surface area contributed by atoms with Gasteiger partial charge in [-0.3, -0.25) is 9.59 Å². The molecule has 2 amide bonds. The summed E-state index contributed by atoms with van der Waals surface area (Å²) in [7, 11) is 0. The average Bonchev–Trinajstić information content (AvgIpc) is 2.30. The van der Waals surface area contributed by atoms with Crippen molar-refractivity contribution in [3.8, 4) is 0 Å². The zero-order chi connectivity index (χ0) is 14.0. The Morgan fingerprint density at radius 2 is 1.79 bits per heavy atom. The fourth-order valence-electron chi connectivity index (χ4n) is 1.66. The van der Waals surface area contributed by atoms with Crippen LogP contribution in [0.25, 0.3) is 0 Å². The smallest absolute Gasteiger partial charge is 0.222 e. The Labute approximate surface area is 122 Å². The van der Waals surface area contributed by atoms with Crippen molar-refractivity contribution in [2.45, 2.75) is 52.5 Å². The molecule has 0 aliphatic rings. The van der Waals surface area contributed by atoms with E-state index in [0.717, 1.165) is 19.5 Å². The van der Waals surface area contributed by atoms with Crippen molar-refractivity contribution in [2.24, 2.45) is 5.73 Å². The Morgan fingerprint density at radius 3 is 2.26 bits per heavy atom. The standard InChI is InChI=1S/C13H27N3O2.ClH/c1-4-16(5-2)13(18)8-6-7-12(17)15-10-9-11(3)14;/h11H,4-10,14H2,1-3H3,(H,15,17);1H. The van der Waals surface area contributed by atoms with E-state index in [2.05, 4.69) is 5.32 Å². The van der Waals surface area contributed by atoms with E-state index in [4.69, 9.17) is 5.73 Å². The molecule has 0 aromatic carbocycles. The Hall–Kier alpha value is -0.810. The van der Waals surface area contributed by atoms with Gasteiger partial charge in [-0.15, -0.1) is 12.4 Å². The minimum atomic E-state index is 0. The molecule has 0 heterocycles. The summed E-state index contributed by atoms with van der Waals surface area (Å²) in [6.45, 7) is 7.91. The summed E-state index contributed by atoms with van der Waals surface area (Å²) >= 11 is 0. The number of carbonyl (C=O) groups is 2. The lowest BCUT2D eigenvalue weighted by Gasteiger charge is -2.18. The van der Waals surface area contributed by atoms with E-state index in [1.807, 2.05) is 20.8 Å². The highest BCUT2D eigenvalue weighted by Crippen LogP contribution is 2.01. The molecular formula is C13H28ClN3O2. The Balaban J connectivity index is 0. The van der Waals surface area contributed by atoms with Crippen molar-refractivity contribution in [1.82, 2.24) is 10.2 Å². The van der Waals surface area contributed by atoms with E-state index in [1.54, 1.807) is 4.90 Å². The Bertz CT molecular complexity index is 256. The fraction of sp³-hybridized carbons (Fsp3) is 0.846. The van der Waals surface area contributed by atoms with Crippen molar-refractivity contribution in [3.63, 3.8) is 0 Å². The van der Waals surface area contributed by atoms with E-state index < -0.39 is 0 Å². The van der Waals surface area contributed by atoms with Gasteiger partial charge in [0.2, 0.25) is 11.8 Å². The third-order valence-electron chi connectivity index (χ3n) is 2.83. The molecule has 0 fully saturated rings. The molecule has 0 rings (SSSR count). The molecule has 0 aliphatic heterocycles. The Kier molecular flexibility index (Phi) is 13.2. The molecule has 6 heteroatoms. The molecule has 0 radical (unpaired) electrons. The van der Waals surface area contributed by atoms with Crippen molar-refractivity contribution >= 4 is 24.2 Å². The largest absolute Gasteiger partial charge is 0.356 e. The second kappa shape index (κ2) is 12.2. The zero-order valence-electron chi connectivity index (χ0n) is 12.3. The van der Waals surface area contributed by atoms with Crippen LogP contribution in [-0.4, -0.2) is 42.4 Å². The number of nitrogens with two attached hydrogens (primary N) is 1. The maximum Gasteiger partial charge on any atom is 0.222 e. The molecule has 0 saturated carbocycles. The molecule has 0 bridgehead atoms. The van der Waals surface area contributed by atoms with Gasteiger partial charge in [-0.2, -0.15) is 0 Å². The van der Waals surface area contributed by atoms with E-state index in [9.17, 15) is 9.59 Å². The van der Waals surface area contributed by atoms with Crippen LogP contribution in [-0.2, 0) is 9.59 Å². The summed E-state index contributed by atoms with van der Waals surface area (Å²) in [5.74, 6) is 0.131. The van der Waals surface area contributed by atoms with E-state index in [-0.39, 0.29) is 30.3 Å². The summed E-state index contributed by atoms with van der Waals surface area (Å²) in [5, 5.41) is 2.80. The van der Waals surface area contributed by atoms with E-state index >= 15 is 0 Å². The van der Waals surface area contributed by atoms with Gasteiger partial charge in [0.15, 0.2) is 0 Å². The number of nitrogens with zero attached hydrogens (tertiary/aromatic N) is 1. The minimum absolute atomic E-state index is 0. The van der Waals surface area contributed by atoms with E-state index in [0.29, 0.717) is 25.8 Å². The zero-order valence-corrected chi connectivity index (χ0v) is 13.1. The van der Waals surface area contributed by atoms with Crippen molar-refractivity contribution in [1.29, 1.82) is 0 Å². The monoisotopic (exact) mass is 293 g/mol. The molecule has 0 aromatic rings. The molecular weight excluding hydrogens is 266 g/mol. The van der Waals surface area contributed by atoms with Crippen LogP contribution in [0.2, 0.25) is 0 Å². The lowest BCUT2D eigenvalue weighted by molar-refractivity contribution is -0.131. The highest BCUT2D eigenvalue weighted by Gasteiger charge is 2.10. The molecule has 5 nitrogen and oxygen atoms in total. The predicted octanol–water partition coefficient (Wildman–Crippen LogP) is 1.30. The molecule has 0 aliphatic carbocycles. The summed E-state index contributed by atoms with van der Waals surface area (Å²) in [6.07, 6.45) is 2.25. The third kappa shape index (κ3) is 10.8. The third-order valence-corrected chi connectivity index (χ3v) is 2.83. The number of carbonyl (C=O) groups excluding carboxylic acids is 2. The number of rotatable bonds is 9. The van der Waals surface area contributed by atoms with Gasteiger partial charge >= 0.3 is 0 Å². The van der Waals surface area contributed by atoms with Crippen LogP contribution in [0.4, 0.5) is 0 Å². The summed E-state index contributed by atoms with van der Waals surface area (Å²) in [4.78, 5) is 24.9. The number of hydrogen-bond acceptors (Lipinski definition) is 3. The molecule has 1 unspecified atom stereocenters. The van der Waals surface area contributed by atoms with Crippen LogP contribution in [0, 0.1) is 0 Å². The maximum atomic E-state index is 11.7. The van der Waals surface area contributed by atoms with Crippen LogP contribution >= 0.6 is 12.4 Å². The molecule has 0 spiro atoms. The number of nitrogens with one attached hydrogen (secondary N) is 1. The number of halogens is 1. The average molecular weight is 294 g/mol. The van der Waals surface area contributed by atoms with Crippen LogP contribution in [0.5, 0.6) is 0 Å². The summed E-state index contributed by atoms with van der Waals surface area (Å²) in [5.41, 5.74) is 5.58. The maximum absolute atomic E-state index is 11.7. The van der Waals surface area contributed by atoms with Crippen molar-refractivity contribution in [3.05, 3.63) is 0 Å². The Morgan fingerprint density at radius 1 is 1.21 bits per heavy atom. The quantitative estimate of drug-likeness (QED) is 0.673. The minimum Gasteiger partial charge on any atom is -0.356 e. The molecule has 114 valence electrons. The first-order chi connectivity index (χ1) is 8.51. The predicted molar refractivity (Wildman–Crippen MR) is 80.3 cm³/mol. The molecule has 3 N–H and O–H groups in total. The normalized spacial score (nSPS) is 11.4. The molecule has 1 atom stereocenters. The molecule has 19 heavy (non-hydrogen) atoms. The SMILES string of the molecule is CCN(CC)C(=O)CCCC(=O)NCCC(C)N.Cl. The van der Waals surface area contributed by atoms with Gasteiger partial charge in [0.25, 0.3) is 0 Å². The number of hydrogen-bond donors (Lipinski definition) is 2. The van der Waals surface area contributed by atoms with Gasteiger partial charge in [-0.1, -0.05) is 0 Å². The van der Waals surface area contributed by atoms with Crippen molar-refractivity contribution < 1.29 is 9.59 Å². The first-order valence-corrected chi connectivity index (χ1v) is 6.81. The molecule has 0 aromatic heterocycles. The lowest BCUT2D eigenvalue weighted by atomic mass is 10.2. The van der Waals surface area contributed by atoms with Gasteiger partial charge in [0.05, 0.1) is 0 Å². The highest BCUT2D eigenvalue weighted by molar-refractivity contribution is 5.85. The summed E-state index contributed by atoms with van der Waals surface area (Å²) in [6, 6.07) is 0.106. The van der Waals surface area contributed by atoms with Crippen molar-refractivity contribution in [2.75, 3.05) is 19.6 Å². The van der Waals surface area contributed by atoms with Crippen LogP contribution < -0.4 is 11.1 Å². The first kappa shape index (κ1) is 20.5. The lowest BCUT2D eigenvalue weighted by Crippen LogP contribution is -2.31. The van der Waals surface area contributed by atoms with Crippen LogP contribution in [0.15, 0.2) is 0 Å². The highest BCUT2D eigenvalue weighted by atomic mass is 35.5. The second-order valence-electron chi connectivity index (χ2n) is 4.54. The topological polar surface area (TPSA) is 75.4 Å². The first-order valence-electron chi connectivity index (χ1n) is 6.81.